The second-order valence-corrected chi connectivity index (χ2v) is 9.16. The fourth-order valence-electron chi connectivity index (χ4n) is 3.07. The van der Waals surface area contributed by atoms with Gasteiger partial charge in [-0.15, -0.1) is 11.3 Å². The van der Waals surface area contributed by atoms with E-state index in [0.717, 1.165) is 18.4 Å². The van der Waals surface area contributed by atoms with Gasteiger partial charge >= 0.3 is 0 Å². The van der Waals surface area contributed by atoms with E-state index in [1.54, 1.807) is 29.0 Å². The first-order chi connectivity index (χ1) is 11.9. The van der Waals surface area contributed by atoms with E-state index in [1.807, 2.05) is 17.5 Å². The summed E-state index contributed by atoms with van der Waals surface area (Å²) < 4.78 is 29.0. The van der Waals surface area contributed by atoms with Gasteiger partial charge in [0.15, 0.2) is 0 Å². The fourth-order valence-corrected chi connectivity index (χ4v) is 5.16. The molecule has 0 spiro atoms. The summed E-state index contributed by atoms with van der Waals surface area (Å²) in [5, 5.41) is 5.90. The molecule has 1 N–H and O–H groups in total. The Morgan fingerprint density at radius 2 is 2.32 bits per heavy atom. The van der Waals surface area contributed by atoms with Gasteiger partial charge in [-0.3, -0.25) is 9.48 Å². The number of sulfonamides is 1. The minimum absolute atomic E-state index is 0.000386. The van der Waals surface area contributed by atoms with Crippen molar-refractivity contribution in [3.63, 3.8) is 0 Å². The van der Waals surface area contributed by atoms with Gasteiger partial charge in [0.05, 0.1) is 16.8 Å². The number of thiophene rings is 1. The van der Waals surface area contributed by atoms with Crippen LogP contribution in [0.15, 0.2) is 29.9 Å². The van der Waals surface area contributed by atoms with Crippen molar-refractivity contribution in [2.45, 2.75) is 19.4 Å². The van der Waals surface area contributed by atoms with E-state index in [2.05, 4.69) is 9.82 Å². The lowest BCUT2D eigenvalue weighted by Gasteiger charge is -2.32. The molecule has 25 heavy (non-hydrogen) atoms. The highest BCUT2D eigenvalue weighted by molar-refractivity contribution is 7.89. The average molecular weight is 383 g/mol. The number of aromatic nitrogens is 2. The van der Waals surface area contributed by atoms with Gasteiger partial charge in [-0.25, -0.2) is 13.1 Å². The van der Waals surface area contributed by atoms with Gasteiger partial charge in [-0.2, -0.15) is 5.10 Å². The van der Waals surface area contributed by atoms with Crippen LogP contribution in [0.25, 0.3) is 0 Å². The lowest BCUT2D eigenvalue weighted by Crippen LogP contribution is -2.43. The molecule has 2 aromatic rings. The molecule has 9 heteroatoms. The van der Waals surface area contributed by atoms with Crippen LogP contribution in [-0.2, 0) is 23.6 Å². The molecule has 0 aromatic carbocycles. The lowest BCUT2D eigenvalue weighted by atomic mass is 10.00. The normalized spacial score (nSPS) is 18.4. The number of carbonyl (C=O) groups is 1. The molecule has 0 bridgehead atoms. The molecule has 1 fully saturated rings. The standard InChI is InChI=1S/C16H22N4O3S2/c1-19-10-14(8-17-19)9-18-25(22,23)12-13-4-2-6-20(11-13)16(21)15-5-3-7-24-15/h3,5,7-8,10,13,18H,2,4,6,9,11-12H2,1H3/t13-/m0/s1. The molecule has 7 nitrogen and oxygen atoms in total. The highest BCUT2D eigenvalue weighted by atomic mass is 32.2. The number of rotatable bonds is 6. The average Bonchev–Trinajstić information content (AvgIpc) is 3.24. The summed E-state index contributed by atoms with van der Waals surface area (Å²) >= 11 is 1.42. The minimum atomic E-state index is -3.40. The van der Waals surface area contributed by atoms with Crippen LogP contribution in [0, 0.1) is 5.92 Å². The predicted octanol–water partition coefficient (Wildman–Crippen LogP) is 1.45. The Balaban J connectivity index is 1.55. The Labute approximate surface area is 151 Å². The van der Waals surface area contributed by atoms with Crippen molar-refractivity contribution in [1.29, 1.82) is 0 Å². The third kappa shape index (κ3) is 4.90. The first kappa shape index (κ1) is 18.1. The summed E-state index contributed by atoms with van der Waals surface area (Å²) in [6, 6.07) is 3.66. The quantitative estimate of drug-likeness (QED) is 0.820. The molecule has 0 unspecified atom stereocenters. The van der Waals surface area contributed by atoms with E-state index in [9.17, 15) is 13.2 Å². The summed E-state index contributed by atoms with van der Waals surface area (Å²) in [5.41, 5.74) is 0.823. The van der Waals surface area contributed by atoms with Gasteiger partial charge in [0.2, 0.25) is 10.0 Å². The van der Waals surface area contributed by atoms with Crippen LogP contribution >= 0.6 is 11.3 Å². The van der Waals surface area contributed by atoms with E-state index in [1.165, 1.54) is 11.3 Å². The lowest BCUT2D eigenvalue weighted by molar-refractivity contribution is 0.0689. The number of piperidine rings is 1. The minimum Gasteiger partial charge on any atom is -0.338 e. The first-order valence-corrected chi connectivity index (χ1v) is 10.7. The van der Waals surface area contributed by atoms with Crippen molar-refractivity contribution in [3.05, 3.63) is 40.3 Å². The van der Waals surface area contributed by atoms with Crippen LogP contribution in [-0.4, -0.2) is 47.8 Å². The Morgan fingerprint density at radius 1 is 1.48 bits per heavy atom. The Hall–Kier alpha value is -1.71. The summed E-state index contributed by atoms with van der Waals surface area (Å²) in [6.45, 7) is 1.42. The summed E-state index contributed by atoms with van der Waals surface area (Å²) in [6.07, 6.45) is 5.08. The van der Waals surface area contributed by atoms with Gasteiger partial charge in [-0.05, 0) is 30.2 Å². The molecule has 1 aliphatic rings. The highest BCUT2D eigenvalue weighted by Gasteiger charge is 2.28. The highest BCUT2D eigenvalue weighted by Crippen LogP contribution is 2.21. The maximum atomic E-state index is 12.4. The summed E-state index contributed by atoms with van der Waals surface area (Å²) in [4.78, 5) is 14.9. The smallest absolute Gasteiger partial charge is 0.263 e. The zero-order valence-electron chi connectivity index (χ0n) is 14.1. The van der Waals surface area contributed by atoms with Crippen molar-refractivity contribution < 1.29 is 13.2 Å². The van der Waals surface area contributed by atoms with Crippen LogP contribution in [0.5, 0.6) is 0 Å². The number of hydrogen-bond donors (Lipinski definition) is 1. The van der Waals surface area contributed by atoms with E-state index in [4.69, 9.17) is 0 Å². The Bertz CT molecular complexity index is 814. The zero-order valence-corrected chi connectivity index (χ0v) is 15.7. The van der Waals surface area contributed by atoms with Crippen LogP contribution in [0.2, 0.25) is 0 Å². The second-order valence-electron chi connectivity index (χ2n) is 6.36. The van der Waals surface area contributed by atoms with Crippen molar-refractivity contribution in [1.82, 2.24) is 19.4 Å². The van der Waals surface area contributed by atoms with Gasteiger partial charge in [0.25, 0.3) is 5.91 Å². The third-order valence-corrected chi connectivity index (χ3v) is 6.60. The molecule has 2 aromatic heterocycles. The van der Waals surface area contributed by atoms with Crippen LogP contribution in [0.4, 0.5) is 0 Å². The van der Waals surface area contributed by atoms with E-state index in [0.29, 0.717) is 18.0 Å². The second kappa shape index (κ2) is 7.67. The maximum absolute atomic E-state index is 12.4. The van der Waals surface area contributed by atoms with E-state index < -0.39 is 10.0 Å². The predicted molar refractivity (Wildman–Crippen MR) is 96.8 cm³/mol. The number of carbonyl (C=O) groups excluding carboxylic acids is 1. The van der Waals surface area contributed by atoms with Crippen LogP contribution in [0.1, 0.15) is 28.1 Å². The molecule has 1 saturated heterocycles. The van der Waals surface area contributed by atoms with Gasteiger partial charge in [0, 0.05) is 38.4 Å². The first-order valence-electron chi connectivity index (χ1n) is 8.20. The maximum Gasteiger partial charge on any atom is 0.263 e. The SMILES string of the molecule is Cn1cc(CNS(=O)(=O)C[C@H]2CCCN(C(=O)c3cccs3)C2)cn1. The summed E-state index contributed by atoms with van der Waals surface area (Å²) in [5.74, 6) is 0.00562. The molecule has 0 radical (unpaired) electrons. The monoisotopic (exact) mass is 382 g/mol. The van der Waals surface area contributed by atoms with Crippen LogP contribution < -0.4 is 4.72 Å². The van der Waals surface area contributed by atoms with Crippen molar-refractivity contribution in [2.24, 2.45) is 13.0 Å². The third-order valence-electron chi connectivity index (χ3n) is 4.25. The van der Waals surface area contributed by atoms with Crippen molar-refractivity contribution >= 4 is 27.3 Å². The number of nitrogens with one attached hydrogen (secondary N) is 1. The van der Waals surface area contributed by atoms with E-state index in [-0.39, 0.29) is 24.1 Å². The molecule has 1 aliphatic heterocycles. The van der Waals surface area contributed by atoms with Gasteiger partial charge < -0.3 is 4.90 Å². The van der Waals surface area contributed by atoms with Crippen LogP contribution in [0.3, 0.4) is 0 Å². The molecular weight excluding hydrogens is 360 g/mol. The Kier molecular flexibility index (Phi) is 5.55. The fraction of sp³-hybridized carbons (Fsp3) is 0.500. The molecule has 1 atom stereocenters. The zero-order chi connectivity index (χ0) is 17.9. The van der Waals surface area contributed by atoms with Crippen molar-refractivity contribution in [2.75, 3.05) is 18.8 Å². The number of nitrogens with zero attached hydrogens (tertiary/aromatic N) is 3. The molecule has 3 rings (SSSR count). The topological polar surface area (TPSA) is 84.3 Å². The molecule has 1 amide bonds. The van der Waals surface area contributed by atoms with Crippen molar-refractivity contribution in [3.8, 4) is 0 Å². The molecular formula is C16H22N4O3S2. The number of aryl methyl sites for hydroxylation is 1. The number of hydrogen-bond acceptors (Lipinski definition) is 5. The number of amides is 1. The molecule has 0 saturated carbocycles. The summed E-state index contributed by atoms with van der Waals surface area (Å²) in [7, 11) is -1.60. The van der Waals surface area contributed by atoms with Gasteiger partial charge in [0.1, 0.15) is 0 Å². The molecule has 3 heterocycles. The number of likely N-dealkylation sites (tertiary alicyclic amines) is 1. The largest absolute Gasteiger partial charge is 0.338 e. The van der Waals surface area contributed by atoms with E-state index >= 15 is 0 Å². The van der Waals surface area contributed by atoms with Gasteiger partial charge in [-0.1, -0.05) is 6.07 Å². The Morgan fingerprint density at radius 3 is 3.00 bits per heavy atom. The molecule has 136 valence electrons. The molecule has 0 aliphatic carbocycles.